The molecule has 1 aromatic heterocycles. The zero-order valence-corrected chi connectivity index (χ0v) is 15.4. The van der Waals surface area contributed by atoms with Crippen molar-refractivity contribution in [3.8, 4) is 0 Å². The fourth-order valence-electron chi connectivity index (χ4n) is 2.43. The highest BCUT2D eigenvalue weighted by Crippen LogP contribution is 2.25. The van der Waals surface area contributed by atoms with Crippen molar-refractivity contribution in [1.29, 1.82) is 0 Å². The minimum absolute atomic E-state index is 0.0348. The second-order valence-corrected chi connectivity index (χ2v) is 8.34. The molecule has 6 nitrogen and oxygen atoms in total. The first kappa shape index (κ1) is 17.4. The number of aromatic nitrogens is 1. The van der Waals surface area contributed by atoms with Gasteiger partial charge in [0.25, 0.3) is 5.91 Å². The van der Waals surface area contributed by atoms with Gasteiger partial charge in [-0.05, 0) is 30.3 Å². The number of fused-ring (bicyclic) bond motifs is 1. The van der Waals surface area contributed by atoms with Crippen LogP contribution in [0.4, 0.5) is 5.69 Å². The lowest BCUT2D eigenvalue weighted by atomic mass is 10.1. The van der Waals surface area contributed by atoms with E-state index in [9.17, 15) is 18.0 Å². The molecule has 0 aliphatic carbocycles. The maximum Gasteiger partial charge on any atom is 0.261 e. The number of carbonyl (C=O) groups excluding carboxylic acids is 1. The molecule has 0 aliphatic heterocycles. The molecule has 25 heavy (non-hydrogen) atoms. The van der Waals surface area contributed by atoms with Gasteiger partial charge in [-0.2, -0.15) is 0 Å². The Bertz CT molecular complexity index is 1150. The molecule has 0 spiro atoms. The third-order valence-electron chi connectivity index (χ3n) is 3.62. The molecule has 0 saturated heterocycles. The van der Waals surface area contributed by atoms with Gasteiger partial charge in [-0.15, -0.1) is 0 Å². The number of nitrogens with one attached hydrogen (secondary N) is 2. The molecule has 2 aromatic carbocycles. The van der Waals surface area contributed by atoms with Gasteiger partial charge in [-0.1, -0.05) is 28.1 Å². The Morgan fingerprint density at radius 2 is 1.88 bits per heavy atom. The maximum absolute atomic E-state index is 12.5. The molecule has 1 amide bonds. The van der Waals surface area contributed by atoms with Crippen LogP contribution in [0.1, 0.15) is 10.4 Å². The van der Waals surface area contributed by atoms with Crippen molar-refractivity contribution in [2.45, 2.75) is 4.90 Å². The molecule has 0 atom stereocenters. The number of pyridine rings is 1. The second-order valence-electron chi connectivity index (χ2n) is 5.44. The molecule has 2 N–H and O–H groups in total. The van der Waals surface area contributed by atoms with Crippen LogP contribution in [0, 0.1) is 0 Å². The lowest BCUT2D eigenvalue weighted by Gasteiger charge is -2.10. The summed E-state index contributed by atoms with van der Waals surface area (Å²) in [4.78, 5) is 27.9. The van der Waals surface area contributed by atoms with Crippen LogP contribution in [0.5, 0.6) is 0 Å². The van der Waals surface area contributed by atoms with E-state index >= 15 is 0 Å². The average molecular weight is 421 g/mol. The van der Waals surface area contributed by atoms with Crippen molar-refractivity contribution in [3.63, 3.8) is 0 Å². The van der Waals surface area contributed by atoms with Crippen molar-refractivity contribution in [2.75, 3.05) is 11.6 Å². The van der Waals surface area contributed by atoms with Crippen LogP contribution in [0.15, 0.2) is 62.8 Å². The summed E-state index contributed by atoms with van der Waals surface area (Å²) in [7, 11) is -3.56. The van der Waals surface area contributed by atoms with Gasteiger partial charge in [0.15, 0.2) is 9.84 Å². The Balaban J connectivity index is 2.05. The van der Waals surface area contributed by atoms with Gasteiger partial charge in [-0.3, -0.25) is 9.59 Å². The molecule has 8 heteroatoms. The van der Waals surface area contributed by atoms with Gasteiger partial charge >= 0.3 is 0 Å². The Morgan fingerprint density at radius 1 is 1.16 bits per heavy atom. The number of halogens is 1. The zero-order chi connectivity index (χ0) is 18.2. The third-order valence-corrected chi connectivity index (χ3v) is 5.25. The fourth-order valence-corrected chi connectivity index (χ4v) is 3.80. The van der Waals surface area contributed by atoms with Gasteiger partial charge in [0.05, 0.1) is 10.6 Å². The molecular formula is C17H13BrN2O4S. The quantitative estimate of drug-likeness (QED) is 0.680. The van der Waals surface area contributed by atoms with Gasteiger partial charge in [0.1, 0.15) is 5.56 Å². The first-order valence-electron chi connectivity index (χ1n) is 7.19. The van der Waals surface area contributed by atoms with E-state index in [1.54, 1.807) is 30.3 Å². The Kier molecular flexibility index (Phi) is 4.49. The lowest BCUT2D eigenvalue weighted by molar-refractivity contribution is 0.102. The molecule has 0 saturated carbocycles. The van der Waals surface area contributed by atoms with Gasteiger partial charge in [0.2, 0.25) is 5.43 Å². The Hall–Kier alpha value is -2.45. The van der Waals surface area contributed by atoms with Crippen LogP contribution in [0.3, 0.4) is 0 Å². The van der Waals surface area contributed by atoms with Crippen molar-refractivity contribution in [2.24, 2.45) is 0 Å². The van der Waals surface area contributed by atoms with Crippen LogP contribution < -0.4 is 10.7 Å². The third kappa shape index (κ3) is 3.49. The number of benzene rings is 2. The van der Waals surface area contributed by atoms with Gasteiger partial charge in [0, 0.05) is 27.8 Å². The minimum atomic E-state index is -3.56. The standard InChI is InChI=1S/C17H13BrN2O4S/c1-25(23,24)15-8-10(18)6-7-14(15)20-17(22)12-9-19-13-5-3-2-4-11(13)16(12)21/h2-9H,1H3,(H,19,21)(H,20,22). The zero-order valence-electron chi connectivity index (χ0n) is 13.0. The van der Waals surface area contributed by atoms with E-state index in [0.29, 0.717) is 15.4 Å². The Labute approximate surface area is 151 Å². The van der Waals surface area contributed by atoms with E-state index in [4.69, 9.17) is 0 Å². The number of aromatic amines is 1. The fraction of sp³-hybridized carbons (Fsp3) is 0.0588. The molecule has 0 unspecified atom stereocenters. The van der Waals surface area contributed by atoms with E-state index in [1.807, 2.05) is 0 Å². The summed E-state index contributed by atoms with van der Waals surface area (Å²) in [6, 6.07) is 11.3. The molecule has 3 rings (SSSR count). The number of rotatable bonds is 3. The summed E-state index contributed by atoms with van der Waals surface area (Å²) < 4.78 is 24.4. The topological polar surface area (TPSA) is 96.1 Å². The molecule has 128 valence electrons. The predicted octanol–water partition coefficient (Wildman–Crippen LogP) is 2.95. The highest BCUT2D eigenvalue weighted by atomic mass is 79.9. The molecule has 3 aromatic rings. The Morgan fingerprint density at radius 3 is 2.60 bits per heavy atom. The van der Waals surface area contributed by atoms with E-state index in [0.717, 1.165) is 6.26 Å². The summed E-state index contributed by atoms with van der Waals surface area (Å²) in [5.41, 5.74) is 0.207. The number of carbonyl (C=O) groups is 1. The molecule has 1 heterocycles. The molecule has 0 fully saturated rings. The smallest absolute Gasteiger partial charge is 0.261 e. The summed E-state index contributed by atoms with van der Waals surface area (Å²) in [5.74, 6) is -0.681. The second kappa shape index (κ2) is 6.45. The molecule has 0 bridgehead atoms. The largest absolute Gasteiger partial charge is 0.360 e. The van der Waals surface area contributed by atoms with Crippen LogP contribution in [-0.2, 0) is 9.84 Å². The monoisotopic (exact) mass is 420 g/mol. The first-order chi connectivity index (χ1) is 11.8. The number of hydrogen-bond donors (Lipinski definition) is 2. The van der Waals surface area contributed by atoms with Crippen molar-refractivity contribution in [3.05, 3.63) is 68.9 Å². The van der Waals surface area contributed by atoms with Crippen LogP contribution in [0.2, 0.25) is 0 Å². The van der Waals surface area contributed by atoms with Crippen LogP contribution in [0.25, 0.3) is 10.9 Å². The van der Waals surface area contributed by atoms with E-state index in [-0.39, 0.29) is 16.1 Å². The first-order valence-corrected chi connectivity index (χ1v) is 9.87. The minimum Gasteiger partial charge on any atom is -0.360 e. The lowest BCUT2D eigenvalue weighted by Crippen LogP contribution is -2.22. The number of para-hydroxylation sites is 1. The summed E-state index contributed by atoms with van der Waals surface area (Å²) in [6.45, 7) is 0. The maximum atomic E-state index is 12.5. The van der Waals surface area contributed by atoms with Crippen molar-refractivity contribution in [1.82, 2.24) is 4.98 Å². The molecule has 0 aliphatic rings. The summed E-state index contributed by atoms with van der Waals surface area (Å²) >= 11 is 3.21. The summed E-state index contributed by atoms with van der Waals surface area (Å²) in [6.07, 6.45) is 2.37. The number of anilines is 1. The highest BCUT2D eigenvalue weighted by Gasteiger charge is 2.18. The normalized spacial score (nSPS) is 11.4. The molecular weight excluding hydrogens is 408 g/mol. The predicted molar refractivity (Wildman–Crippen MR) is 99.8 cm³/mol. The van der Waals surface area contributed by atoms with Crippen LogP contribution in [-0.4, -0.2) is 25.6 Å². The van der Waals surface area contributed by atoms with E-state index < -0.39 is 21.2 Å². The number of amides is 1. The number of sulfone groups is 1. The summed E-state index contributed by atoms with van der Waals surface area (Å²) in [5, 5.41) is 2.89. The van der Waals surface area contributed by atoms with Crippen molar-refractivity contribution >= 4 is 48.3 Å². The van der Waals surface area contributed by atoms with Crippen molar-refractivity contribution < 1.29 is 13.2 Å². The van der Waals surface area contributed by atoms with E-state index in [2.05, 4.69) is 26.2 Å². The van der Waals surface area contributed by atoms with Gasteiger partial charge in [-0.25, -0.2) is 8.42 Å². The van der Waals surface area contributed by atoms with Crippen LogP contribution >= 0.6 is 15.9 Å². The van der Waals surface area contributed by atoms with Gasteiger partial charge < -0.3 is 10.3 Å². The number of H-pyrrole nitrogens is 1. The highest BCUT2D eigenvalue weighted by molar-refractivity contribution is 9.10. The average Bonchev–Trinajstić information content (AvgIpc) is 2.56. The number of hydrogen-bond acceptors (Lipinski definition) is 4. The molecule has 0 radical (unpaired) electrons. The van der Waals surface area contributed by atoms with E-state index in [1.165, 1.54) is 18.3 Å². The SMILES string of the molecule is CS(=O)(=O)c1cc(Br)ccc1NC(=O)c1c[nH]c2ccccc2c1=O.